The molecule has 1 rings (SSSR count). The van der Waals surface area contributed by atoms with Crippen molar-refractivity contribution in [1.29, 1.82) is 0 Å². The number of rotatable bonds is 2. The van der Waals surface area contributed by atoms with Gasteiger partial charge in [-0.3, -0.25) is 0 Å². The van der Waals surface area contributed by atoms with Crippen LogP contribution in [-0.4, -0.2) is 46.0 Å². The van der Waals surface area contributed by atoms with Gasteiger partial charge in [-0.15, -0.1) is 0 Å². The molecule has 0 saturated carbocycles. The molecule has 0 bridgehead atoms. The third-order valence-corrected chi connectivity index (χ3v) is 1.69. The van der Waals surface area contributed by atoms with Crippen molar-refractivity contribution in [3.63, 3.8) is 0 Å². The van der Waals surface area contributed by atoms with Gasteiger partial charge in [0.1, 0.15) is 0 Å². The molecule has 0 unspecified atom stereocenters. The standard InChI is InChI=1S/C5H11NO4S/c1-11(7,8)10-6-2-4-9-5-3-6/h2-5H2,1H3. The van der Waals surface area contributed by atoms with Crippen LogP contribution in [0.1, 0.15) is 0 Å². The van der Waals surface area contributed by atoms with Crippen LogP contribution in [0.3, 0.4) is 0 Å². The lowest BCUT2D eigenvalue weighted by atomic mass is 10.5. The third-order valence-electron chi connectivity index (χ3n) is 1.21. The Morgan fingerprint density at radius 1 is 1.36 bits per heavy atom. The summed E-state index contributed by atoms with van der Waals surface area (Å²) in [5, 5.41) is 1.39. The van der Waals surface area contributed by atoms with E-state index < -0.39 is 10.1 Å². The van der Waals surface area contributed by atoms with Crippen LogP contribution >= 0.6 is 0 Å². The fourth-order valence-electron chi connectivity index (χ4n) is 0.813. The minimum atomic E-state index is -3.35. The SMILES string of the molecule is CS(=O)(=O)ON1CCOCC1. The van der Waals surface area contributed by atoms with Crippen LogP contribution in [0.5, 0.6) is 0 Å². The maximum absolute atomic E-state index is 10.6. The molecule has 0 amide bonds. The summed E-state index contributed by atoms with van der Waals surface area (Å²) in [5.41, 5.74) is 0. The monoisotopic (exact) mass is 181 g/mol. The van der Waals surface area contributed by atoms with Crippen LogP contribution in [-0.2, 0) is 19.1 Å². The molecule has 1 saturated heterocycles. The Kier molecular flexibility index (Phi) is 2.83. The zero-order valence-electron chi connectivity index (χ0n) is 6.32. The number of morpholine rings is 1. The molecule has 1 heterocycles. The second-order valence-electron chi connectivity index (χ2n) is 2.32. The van der Waals surface area contributed by atoms with Crippen LogP contribution in [0, 0.1) is 0 Å². The Morgan fingerprint density at radius 3 is 2.36 bits per heavy atom. The zero-order chi connectivity index (χ0) is 8.32. The highest BCUT2D eigenvalue weighted by atomic mass is 32.2. The van der Waals surface area contributed by atoms with Crippen molar-refractivity contribution in [2.75, 3.05) is 32.6 Å². The molecule has 66 valence electrons. The minimum Gasteiger partial charge on any atom is -0.379 e. The Morgan fingerprint density at radius 2 is 1.91 bits per heavy atom. The molecule has 0 atom stereocenters. The summed E-state index contributed by atoms with van der Waals surface area (Å²) in [5.74, 6) is 0. The Hall–Kier alpha value is -0.170. The van der Waals surface area contributed by atoms with Gasteiger partial charge in [0.2, 0.25) is 0 Å². The van der Waals surface area contributed by atoms with Gasteiger partial charge in [-0.2, -0.15) is 17.8 Å². The molecule has 11 heavy (non-hydrogen) atoms. The number of hydrogen-bond donors (Lipinski definition) is 0. The van der Waals surface area contributed by atoms with E-state index in [1.165, 1.54) is 5.06 Å². The van der Waals surface area contributed by atoms with E-state index >= 15 is 0 Å². The van der Waals surface area contributed by atoms with Crippen LogP contribution in [0.25, 0.3) is 0 Å². The number of hydroxylamine groups is 2. The predicted octanol–water partition coefficient (Wildman–Crippen LogP) is -0.790. The van der Waals surface area contributed by atoms with Crippen molar-refractivity contribution < 1.29 is 17.4 Å². The predicted molar refractivity (Wildman–Crippen MR) is 38.3 cm³/mol. The van der Waals surface area contributed by atoms with E-state index in [-0.39, 0.29) is 0 Å². The summed E-state index contributed by atoms with van der Waals surface area (Å²) in [6.07, 6.45) is 1.03. The normalized spacial score (nSPS) is 21.9. The Balaban J connectivity index is 2.36. The summed E-state index contributed by atoms with van der Waals surface area (Å²) in [7, 11) is -3.35. The first-order valence-electron chi connectivity index (χ1n) is 3.30. The maximum atomic E-state index is 10.6. The molecule has 6 heteroatoms. The van der Waals surface area contributed by atoms with Gasteiger partial charge in [0.05, 0.1) is 19.5 Å². The summed E-state index contributed by atoms with van der Waals surface area (Å²) in [6.45, 7) is 2.06. The number of ether oxygens (including phenoxy) is 1. The molecule has 0 spiro atoms. The molecule has 0 N–H and O–H groups in total. The molecule has 0 aromatic heterocycles. The molecule has 1 aliphatic heterocycles. The van der Waals surface area contributed by atoms with Crippen LogP contribution in [0.15, 0.2) is 0 Å². The van der Waals surface area contributed by atoms with E-state index in [9.17, 15) is 8.42 Å². The van der Waals surface area contributed by atoms with E-state index in [1.807, 2.05) is 0 Å². The van der Waals surface area contributed by atoms with Crippen LogP contribution in [0.4, 0.5) is 0 Å². The summed E-state index contributed by atoms with van der Waals surface area (Å²) in [6, 6.07) is 0. The van der Waals surface area contributed by atoms with Gasteiger partial charge < -0.3 is 4.74 Å². The molecule has 1 aliphatic rings. The number of nitrogens with zero attached hydrogens (tertiary/aromatic N) is 1. The highest BCUT2D eigenvalue weighted by Crippen LogP contribution is 2.00. The first-order chi connectivity index (χ1) is 5.08. The van der Waals surface area contributed by atoms with Gasteiger partial charge in [0.15, 0.2) is 0 Å². The summed E-state index contributed by atoms with van der Waals surface area (Å²) < 4.78 is 30.8. The summed E-state index contributed by atoms with van der Waals surface area (Å²) in [4.78, 5) is 0. The number of hydrogen-bond acceptors (Lipinski definition) is 5. The van der Waals surface area contributed by atoms with Gasteiger partial charge >= 0.3 is 0 Å². The van der Waals surface area contributed by atoms with Gasteiger partial charge in [0.25, 0.3) is 10.1 Å². The van der Waals surface area contributed by atoms with Crippen molar-refractivity contribution in [3.05, 3.63) is 0 Å². The van der Waals surface area contributed by atoms with Crippen molar-refractivity contribution in [3.8, 4) is 0 Å². The van der Waals surface area contributed by atoms with Gasteiger partial charge in [-0.1, -0.05) is 0 Å². The van der Waals surface area contributed by atoms with Crippen LogP contribution < -0.4 is 0 Å². The average Bonchev–Trinajstić information content (AvgIpc) is 1.85. The largest absolute Gasteiger partial charge is 0.379 e. The van der Waals surface area contributed by atoms with Crippen molar-refractivity contribution >= 4 is 10.1 Å². The highest BCUT2D eigenvalue weighted by molar-refractivity contribution is 7.85. The van der Waals surface area contributed by atoms with Gasteiger partial charge in [-0.05, 0) is 0 Å². The van der Waals surface area contributed by atoms with Crippen molar-refractivity contribution in [2.45, 2.75) is 0 Å². The maximum Gasteiger partial charge on any atom is 0.280 e. The third kappa shape index (κ3) is 3.66. The fourth-order valence-corrected chi connectivity index (χ4v) is 1.34. The van der Waals surface area contributed by atoms with E-state index in [1.54, 1.807) is 0 Å². The average molecular weight is 181 g/mol. The minimum absolute atomic E-state index is 0.507. The second-order valence-corrected chi connectivity index (χ2v) is 3.88. The van der Waals surface area contributed by atoms with Gasteiger partial charge in [0, 0.05) is 13.1 Å². The summed E-state index contributed by atoms with van der Waals surface area (Å²) >= 11 is 0. The van der Waals surface area contributed by atoms with E-state index in [4.69, 9.17) is 4.74 Å². The fraction of sp³-hybridized carbons (Fsp3) is 1.00. The lowest BCUT2D eigenvalue weighted by Gasteiger charge is -2.23. The van der Waals surface area contributed by atoms with Crippen LogP contribution in [0.2, 0.25) is 0 Å². The second kappa shape index (κ2) is 3.48. The van der Waals surface area contributed by atoms with Crippen molar-refractivity contribution in [1.82, 2.24) is 5.06 Å². The van der Waals surface area contributed by atoms with E-state index in [0.29, 0.717) is 26.3 Å². The highest BCUT2D eigenvalue weighted by Gasteiger charge is 2.15. The Labute approximate surface area is 66.0 Å². The van der Waals surface area contributed by atoms with E-state index in [2.05, 4.69) is 4.28 Å². The van der Waals surface area contributed by atoms with Crippen molar-refractivity contribution in [2.24, 2.45) is 0 Å². The topological polar surface area (TPSA) is 55.8 Å². The zero-order valence-corrected chi connectivity index (χ0v) is 7.13. The first kappa shape index (κ1) is 8.92. The molecule has 5 nitrogen and oxygen atoms in total. The molecule has 0 radical (unpaired) electrons. The first-order valence-corrected chi connectivity index (χ1v) is 5.12. The molecular weight excluding hydrogens is 170 g/mol. The molecule has 1 fully saturated rings. The van der Waals surface area contributed by atoms with E-state index in [0.717, 1.165) is 6.26 Å². The molecule has 0 aromatic carbocycles. The molecular formula is C5H11NO4S. The lowest BCUT2D eigenvalue weighted by Crippen LogP contribution is -2.37. The quantitative estimate of drug-likeness (QED) is 0.558. The van der Waals surface area contributed by atoms with Gasteiger partial charge in [-0.25, -0.2) is 0 Å². The lowest BCUT2D eigenvalue weighted by molar-refractivity contribution is -0.113. The smallest absolute Gasteiger partial charge is 0.280 e. The Bertz CT molecular complexity index is 207. The molecule has 0 aromatic rings. The molecule has 0 aliphatic carbocycles.